The van der Waals surface area contributed by atoms with Crippen LogP contribution in [0.5, 0.6) is 0 Å². The van der Waals surface area contributed by atoms with Crippen molar-refractivity contribution in [1.82, 2.24) is 15.6 Å². The van der Waals surface area contributed by atoms with Crippen LogP contribution in [0.2, 0.25) is 0 Å². The van der Waals surface area contributed by atoms with Crippen LogP contribution in [-0.2, 0) is 16.6 Å². The molecule has 0 aliphatic carbocycles. The van der Waals surface area contributed by atoms with Crippen molar-refractivity contribution in [1.29, 1.82) is 0 Å². The van der Waals surface area contributed by atoms with Gasteiger partial charge in [-0.2, -0.15) is 0 Å². The van der Waals surface area contributed by atoms with Crippen LogP contribution in [0.15, 0.2) is 52.9 Å². The number of nitrogens with zero attached hydrogens (tertiary/aromatic N) is 1. The molecule has 34 heavy (non-hydrogen) atoms. The Bertz CT molecular complexity index is 1110. The van der Waals surface area contributed by atoms with Crippen molar-refractivity contribution < 1.29 is 14.3 Å². The van der Waals surface area contributed by atoms with Gasteiger partial charge in [-0.25, -0.2) is 4.98 Å². The van der Waals surface area contributed by atoms with E-state index in [4.69, 9.17) is 10.2 Å². The maximum atomic E-state index is 13.0. The minimum absolute atomic E-state index is 0.0201. The molecule has 1 aliphatic heterocycles. The highest BCUT2D eigenvalue weighted by molar-refractivity contribution is 5.82. The van der Waals surface area contributed by atoms with E-state index in [0.29, 0.717) is 36.9 Å². The van der Waals surface area contributed by atoms with Crippen LogP contribution in [0.4, 0.5) is 0 Å². The van der Waals surface area contributed by atoms with Crippen molar-refractivity contribution >= 4 is 17.0 Å². The molecule has 4 atom stereocenters. The maximum Gasteiger partial charge on any atom is 0.237 e. The first kappa shape index (κ1) is 24.4. The number of nitrogens with one attached hydrogen (secondary N) is 2. The van der Waals surface area contributed by atoms with Crippen molar-refractivity contribution in [2.24, 2.45) is 11.7 Å². The molecular formula is C27H36N4O3. The molecule has 1 saturated heterocycles. The normalized spacial score (nSPS) is 20.4. The second-order valence-electron chi connectivity index (χ2n) is 10.4. The first-order valence-corrected chi connectivity index (χ1v) is 12.1. The lowest BCUT2D eigenvalue weighted by molar-refractivity contribution is -0.124. The summed E-state index contributed by atoms with van der Waals surface area (Å²) >= 11 is 0. The average molecular weight is 465 g/mol. The monoisotopic (exact) mass is 464 g/mol. The molecule has 0 radical (unpaired) electrons. The number of aromatic nitrogens is 1. The Labute approximate surface area is 201 Å². The van der Waals surface area contributed by atoms with E-state index in [0.717, 1.165) is 17.7 Å². The third kappa shape index (κ3) is 5.66. The SMILES string of the molecule is CC(C)(C)c1ccc2oc(C(O)[C@@H](CCc3ccccc3)NC(=O)[C@H]3C[C@H](CN)CN3)nc2c1. The molecule has 1 amide bonds. The predicted molar refractivity (Wildman–Crippen MR) is 133 cm³/mol. The average Bonchev–Trinajstić information content (AvgIpc) is 3.48. The zero-order valence-corrected chi connectivity index (χ0v) is 20.3. The topological polar surface area (TPSA) is 113 Å². The van der Waals surface area contributed by atoms with Gasteiger partial charge in [-0.1, -0.05) is 57.2 Å². The first-order valence-electron chi connectivity index (χ1n) is 12.1. The molecule has 7 nitrogen and oxygen atoms in total. The number of benzene rings is 2. The number of carbonyl (C=O) groups excluding carboxylic acids is 1. The fraction of sp³-hybridized carbons (Fsp3) is 0.481. The standard InChI is InChI=1S/C27H36N4O3/c1-27(2,3)19-10-12-23-21(14-19)31-26(34-23)24(32)20(11-9-17-7-5-4-6-8-17)30-25(33)22-13-18(15-28)16-29-22/h4-8,10,12,14,18,20,22,24,29,32H,9,11,13,15-16,28H2,1-3H3,(H,30,33)/t18-,20-,22-,24?/m1/s1. The van der Waals surface area contributed by atoms with Crippen LogP contribution in [0.1, 0.15) is 56.7 Å². The Morgan fingerprint density at radius 3 is 2.71 bits per heavy atom. The first-order chi connectivity index (χ1) is 16.2. The fourth-order valence-electron chi connectivity index (χ4n) is 4.46. The second kappa shape index (κ2) is 10.3. The van der Waals surface area contributed by atoms with Gasteiger partial charge in [0.1, 0.15) is 5.52 Å². The van der Waals surface area contributed by atoms with Gasteiger partial charge in [0.25, 0.3) is 0 Å². The number of oxazole rings is 1. The highest BCUT2D eigenvalue weighted by Crippen LogP contribution is 2.29. The summed E-state index contributed by atoms with van der Waals surface area (Å²) in [6.45, 7) is 7.71. The van der Waals surface area contributed by atoms with Crippen LogP contribution in [0.25, 0.3) is 11.1 Å². The van der Waals surface area contributed by atoms with E-state index in [9.17, 15) is 9.90 Å². The van der Waals surface area contributed by atoms with Crippen LogP contribution in [0, 0.1) is 5.92 Å². The zero-order valence-electron chi connectivity index (χ0n) is 20.3. The van der Waals surface area contributed by atoms with Gasteiger partial charge in [-0.05, 0) is 66.9 Å². The number of fused-ring (bicyclic) bond motifs is 1. The van der Waals surface area contributed by atoms with Gasteiger partial charge in [0.05, 0.1) is 12.1 Å². The lowest BCUT2D eigenvalue weighted by Crippen LogP contribution is -2.47. The summed E-state index contributed by atoms with van der Waals surface area (Å²) in [7, 11) is 0. The predicted octanol–water partition coefficient (Wildman–Crippen LogP) is 3.21. The Morgan fingerprint density at radius 2 is 2.03 bits per heavy atom. The molecule has 1 unspecified atom stereocenters. The molecule has 4 rings (SSSR count). The van der Waals surface area contributed by atoms with Gasteiger partial charge in [0.2, 0.25) is 11.8 Å². The van der Waals surface area contributed by atoms with Crippen molar-refractivity contribution in [2.45, 2.75) is 63.6 Å². The number of aliphatic hydroxyl groups is 1. The summed E-state index contributed by atoms with van der Waals surface area (Å²) in [5, 5.41) is 17.6. The Hall–Kier alpha value is -2.74. The zero-order chi connectivity index (χ0) is 24.3. The molecule has 1 aliphatic rings. The van der Waals surface area contributed by atoms with E-state index in [2.05, 4.69) is 36.4 Å². The number of aliphatic hydroxyl groups excluding tert-OH is 1. The smallest absolute Gasteiger partial charge is 0.237 e. The molecule has 182 valence electrons. The maximum absolute atomic E-state index is 13.0. The molecule has 5 N–H and O–H groups in total. The van der Waals surface area contributed by atoms with Gasteiger partial charge in [-0.3, -0.25) is 4.79 Å². The molecule has 0 saturated carbocycles. The van der Waals surface area contributed by atoms with E-state index >= 15 is 0 Å². The number of aryl methyl sites for hydroxylation is 1. The van der Waals surface area contributed by atoms with E-state index in [1.165, 1.54) is 0 Å². The molecule has 0 spiro atoms. The van der Waals surface area contributed by atoms with Crippen molar-refractivity contribution in [2.75, 3.05) is 13.1 Å². The summed E-state index contributed by atoms with van der Waals surface area (Å²) in [5.74, 6) is 0.385. The highest BCUT2D eigenvalue weighted by Gasteiger charge is 2.33. The minimum atomic E-state index is -1.06. The lowest BCUT2D eigenvalue weighted by atomic mass is 9.87. The third-order valence-corrected chi connectivity index (χ3v) is 6.69. The van der Waals surface area contributed by atoms with Crippen molar-refractivity contribution in [3.05, 3.63) is 65.5 Å². The van der Waals surface area contributed by atoms with Gasteiger partial charge < -0.3 is 25.9 Å². The number of hydrogen-bond donors (Lipinski definition) is 4. The summed E-state index contributed by atoms with van der Waals surface area (Å²) < 4.78 is 5.93. The van der Waals surface area contributed by atoms with Gasteiger partial charge in [0.15, 0.2) is 11.7 Å². The number of carbonyl (C=O) groups is 1. The molecule has 1 fully saturated rings. The summed E-state index contributed by atoms with van der Waals surface area (Å²) in [4.78, 5) is 17.6. The number of hydrogen-bond acceptors (Lipinski definition) is 6. The van der Waals surface area contributed by atoms with E-state index < -0.39 is 12.1 Å². The highest BCUT2D eigenvalue weighted by atomic mass is 16.4. The van der Waals surface area contributed by atoms with Crippen LogP contribution in [-0.4, -0.2) is 41.2 Å². The van der Waals surface area contributed by atoms with E-state index in [1.54, 1.807) is 0 Å². The summed E-state index contributed by atoms with van der Waals surface area (Å²) in [6.07, 6.45) is 0.892. The van der Waals surface area contributed by atoms with Crippen molar-refractivity contribution in [3.8, 4) is 0 Å². The van der Waals surface area contributed by atoms with E-state index in [1.807, 2.05) is 48.5 Å². The van der Waals surface area contributed by atoms with Crippen molar-refractivity contribution in [3.63, 3.8) is 0 Å². The molecule has 7 heteroatoms. The van der Waals surface area contributed by atoms with E-state index in [-0.39, 0.29) is 29.2 Å². The van der Waals surface area contributed by atoms with Gasteiger partial charge in [-0.15, -0.1) is 0 Å². The second-order valence-corrected chi connectivity index (χ2v) is 10.4. The molecule has 1 aromatic heterocycles. The molecule has 0 bridgehead atoms. The Kier molecular flexibility index (Phi) is 7.36. The van der Waals surface area contributed by atoms with Crippen LogP contribution >= 0.6 is 0 Å². The summed E-state index contributed by atoms with van der Waals surface area (Å²) in [5.41, 5.74) is 9.37. The Balaban J connectivity index is 1.54. The fourth-order valence-corrected chi connectivity index (χ4v) is 4.46. The minimum Gasteiger partial charge on any atom is -0.438 e. The lowest BCUT2D eigenvalue weighted by Gasteiger charge is -2.24. The third-order valence-electron chi connectivity index (χ3n) is 6.69. The Morgan fingerprint density at radius 1 is 1.26 bits per heavy atom. The van der Waals surface area contributed by atoms with Crippen LogP contribution < -0.4 is 16.4 Å². The van der Waals surface area contributed by atoms with Crippen LogP contribution in [0.3, 0.4) is 0 Å². The molecule has 2 aromatic carbocycles. The van der Waals surface area contributed by atoms with Gasteiger partial charge >= 0.3 is 0 Å². The largest absolute Gasteiger partial charge is 0.438 e. The molecule has 2 heterocycles. The quantitative estimate of drug-likeness (QED) is 0.407. The number of amides is 1. The molecular weight excluding hydrogens is 428 g/mol. The van der Waals surface area contributed by atoms with Gasteiger partial charge in [0, 0.05) is 0 Å². The number of rotatable bonds is 8. The molecule has 3 aromatic rings. The number of nitrogens with two attached hydrogens (primary N) is 1. The summed E-state index contributed by atoms with van der Waals surface area (Å²) in [6, 6.07) is 15.1.